The third-order valence-electron chi connectivity index (χ3n) is 5.12. The molecule has 0 aliphatic rings. The maximum absolute atomic E-state index is 5.68. The van der Waals surface area contributed by atoms with Crippen LogP contribution in [-0.2, 0) is 11.3 Å². The Kier molecular flexibility index (Phi) is 21.2. The van der Waals surface area contributed by atoms with E-state index < -0.39 is 0 Å². The lowest BCUT2D eigenvalue weighted by atomic mass is 10.0. The van der Waals surface area contributed by atoms with E-state index in [4.69, 9.17) is 4.74 Å². The van der Waals surface area contributed by atoms with E-state index in [2.05, 4.69) is 11.9 Å². The van der Waals surface area contributed by atoms with Crippen molar-refractivity contribution in [2.45, 2.75) is 116 Å². The normalized spacial score (nSPS) is 10.7. The molecule has 1 rings (SSSR count). The molecule has 0 aliphatic heterocycles. The molecule has 0 N–H and O–H groups in total. The molecule has 0 fully saturated rings. The highest BCUT2D eigenvalue weighted by Gasteiger charge is 1.96. The van der Waals surface area contributed by atoms with E-state index in [0.717, 1.165) is 12.3 Å². The topological polar surface area (TPSA) is 22.1 Å². The quantitative estimate of drug-likeness (QED) is 0.219. The first kappa shape index (κ1) is 26.4. The van der Waals surface area contributed by atoms with Crippen LogP contribution in [0.1, 0.15) is 115 Å². The van der Waals surface area contributed by atoms with Crippen molar-refractivity contribution in [3.05, 3.63) is 30.1 Å². The summed E-state index contributed by atoms with van der Waals surface area (Å²) in [6, 6.07) is 5.98. The fourth-order valence-corrected chi connectivity index (χ4v) is 3.41. The number of hydrogen-bond acceptors (Lipinski definition) is 2. The molecule has 1 aromatic rings. The van der Waals surface area contributed by atoms with Gasteiger partial charge in [-0.3, -0.25) is 4.98 Å². The summed E-state index contributed by atoms with van der Waals surface area (Å²) in [5, 5.41) is 0. The zero-order valence-electron chi connectivity index (χ0n) is 17.8. The van der Waals surface area contributed by atoms with Gasteiger partial charge in [0, 0.05) is 12.8 Å². The highest BCUT2D eigenvalue weighted by Crippen LogP contribution is 2.13. The molecule has 3 heteroatoms. The number of unbranched alkanes of at least 4 members (excludes halogenated alkanes) is 15. The lowest BCUT2D eigenvalue weighted by molar-refractivity contribution is 0.114. The molecular formula is C24H44ClNO. The third kappa shape index (κ3) is 18.5. The summed E-state index contributed by atoms with van der Waals surface area (Å²) < 4.78 is 5.68. The van der Waals surface area contributed by atoms with Gasteiger partial charge in [0.25, 0.3) is 0 Å². The van der Waals surface area contributed by atoms with Gasteiger partial charge in [-0.1, -0.05) is 109 Å². The second-order valence-corrected chi connectivity index (χ2v) is 7.68. The van der Waals surface area contributed by atoms with Gasteiger partial charge in [0.2, 0.25) is 0 Å². The summed E-state index contributed by atoms with van der Waals surface area (Å²) in [4.78, 5) is 4.27. The third-order valence-corrected chi connectivity index (χ3v) is 5.12. The van der Waals surface area contributed by atoms with Gasteiger partial charge in [0.15, 0.2) is 0 Å². The average Bonchev–Trinajstić information content (AvgIpc) is 2.68. The van der Waals surface area contributed by atoms with Gasteiger partial charge in [-0.15, -0.1) is 12.4 Å². The summed E-state index contributed by atoms with van der Waals surface area (Å²) in [6.07, 6.45) is 24.4. The first-order valence-corrected chi connectivity index (χ1v) is 11.4. The number of aromatic nitrogens is 1. The Morgan fingerprint density at radius 2 is 1.15 bits per heavy atom. The summed E-state index contributed by atoms with van der Waals surface area (Å²) in [5.74, 6) is 0. The van der Waals surface area contributed by atoms with Gasteiger partial charge in [-0.25, -0.2) is 0 Å². The Morgan fingerprint density at radius 1 is 0.667 bits per heavy atom. The number of ether oxygens (including phenoxy) is 1. The Hall–Kier alpha value is -0.600. The Labute approximate surface area is 175 Å². The van der Waals surface area contributed by atoms with Crippen molar-refractivity contribution in [3.63, 3.8) is 0 Å². The van der Waals surface area contributed by atoms with Crippen molar-refractivity contribution in [1.29, 1.82) is 0 Å². The smallest absolute Gasteiger partial charge is 0.0887 e. The first-order valence-electron chi connectivity index (χ1n) is 11.4. The molecule has 0 saturated carbocycles. The van der Waals surface area contributed by atoms with Crippen LogP contribution in [0.5, 0.6) is 0 Å². The van der Waals surface area contributed by atoms with E-state index in [-0.39, 0.29) is 12.4 Å². The van der Waals surface area contributed by atoms with E-state index >= 15 is 0 Å². The largest absolute Gasteiger partial charge is 0.375 e. The predicted molar refractivity (Wildman–Crippen MR) is 121 cm³/mol. The van der Waals surface area contributed by atoms with Crippen molar-refractivity contribution < 1.29 is 4.74 Å². The second kappa shape index (κ2) is 21.7. The van der Waals surface area contributed by atoms with Gasteiger partial charge in [0.05, 0.1) is 12.3 Å². The molecule has 0 aromatic carbocycles. The van der Waals surface area contributed by atoms with E-state index in [1.54, 1.807) is 0 Å². The molecule has 0 unspecified atom stereocenters. The molecule has 27 heavy (non-hydrogen) atoms. The lowest BCUT2D eigenvalue weighted by Gasteiger charge is -2.05. The molecule has 2 nitrogen and oxygen atoms in total. The number of hydrogen-bond donors (Lipinski definition) is 0. The second-order valence-electron chi connectivity index (χ2n) is 7.68. The average molecular weight is 398 g/mol. The van der Waals surface area contributed by atoms with Gasteiger partial charge in [-0.2, -0.15) is 0 Å². The SMILES string of the molecule is CCCCCCCCCCCCCCCCCCOCc1ccccn1.Cl. The fourth-order valence-electron chi connectivity index (χ4n) is 3.41. The Balaban J connectivity index is 0.00000676. The van der Waals surface area contributed by atoms with Crippen LogP contribution in [0.2, 0.25) is 0 Å². The van der Waals surface area contributed by atoms with Crippen molar-refractivity contribution in [2.24, 2.45) is 0 Å². The summed E-state index contributed by atoms with van der Waals surface area (Å²) in [6.45, 7) is 3.81. The van der Waals surface area contributed by atoms with E-state index in [0.29, 0.717) is 6.61 Å². The minimum atomic E-state index is 0. The van der Waals surface area contributed by atoms with Gasteiger partial charge < -0.3 is 4.74 Å². The number of rotatable bonds is 19. The Bertz CT molecular complexity index is 385. The first-order chi connectivity index (χ1) is 12.9. The van der Waals surface area contributed by atoms with Crippen LogP contribution in [-0.4, -0.2) is 11.6 Å². The van der Waals surface area contributed by atoms with E-state index in [9.17, 15) is 0 Å². The van der Waals surface area contributed by atoms with E-state index in [1.165, 1.54) is 103 Å². The fraction of sp³-hybridized carbons (Fsp3) is 0.792. The minimum Gasteiger partial charge on any atom is -0.375 e. The highest BCUT2D eigenvalue weighted by molar-refractivity contribution is 5.85. The van der Waals surface area contributed by atoms with Crippen LogP contribution in [0.3, 0.4) is 0 Å². The van der Waals surface area contributed by atoms with Crippen LogP contribution in [0.25, 0.3) is 0 Å². The monoisotopic (exact) mass is 397 g/mol. The zero-order valence-corrected chi connectivity index (χ0v) is 18.6. The molecule has 0 atom stereocenters. The highest BCUT2D eigenvalue weighted by atomic mass is 35.5. The van der Waals surface area contributed by atoms with Gasteiger partial charge in [0.1, 0.15) is 0 Å². The summed E-state index contributed by atoms with van der Waals surface area (Å²) in [5.41, 5.74) is 1.03. The van der Waals surface area contributed by atoms with Gasteiger partial charge >= 0.3 is 0 Å². The van der Waals surface area contributed by atoms with Crippen LogP contribution in [0.15, 0.2) is 24.4 Å². The van der Waals surface area contributed by atoms with Crippen molar-refractivity contribution in [2.75, 3.05) is 6.61 Å². The van der Waals surface area contributed by atoms with Crippen LogP contribution >= 0.6 is 12.4 Å². The molecule has 0 aliphatic carbocycles. The maximum Gasteiger partial charge on any atom is 0.0887 e. The predicted octanol–water partition coefficient (Wildman–Crippen LogP) is 8.28. The molecule has 0 radical (unpaired) electrons. The maximum atomic E-state index is 5.68. The van der Waals surface area contributed by atoms with Crippen LogP contribution in [0.4, 0.5) is 0 Å². The Morgan fingerprint density at radius 3 is 1.59 bits per heavy atom. The lowest BCUT2D eigenvalue weighted by Crippen LogP contribution is -1.97. The zero-order chi connectivity index (χ0) is 18.5. The molecule has 0 bridgehead atoms. The molecule has 158 valence electrons. The molecule has 0 spiro atoms. The standard InChI is InChI=1S/C24H43NO.ClH/c1-2-3-4-5-6-7-8-9-10-11-12-13-14-15-16-19-22-26-23-24-20-17-18-21-25-24;/h17-18,20-21H,2-16,19,22-23H2,1H3;1H. The molecular weight excluding hydrogens is 354 g/mol. The molecule has 0 amide bonds. The van der Waals surface area contributed by atoms with Crippen molar-refractivity contribution in [1.82, 2.24) is 4.98 Å². The molecule has 1 heterocycles. The van der Waals surface area contributed by atoms with Crippen LogP contribution < -0.4 is 0 Å². The number of nitrogens with zero attached hydrogens (tertiary/aromatic N) is 1. The minimum absolute atomic E-state index is 0. The van der Waals surface area contributed by atoms with E-state index in [1.807, 2.05) is 24.4 Å². The van der Waals surface area contributed by atoms with Crippen molar-refractivity contribution in [3.8, 4) is 0 Å². The van der Waals surface area contributed by atoms with Crippen molar-refractivity contribution >= 4 is 12.4 Å². The molecule has 1 aromatic heterocycles. The molecule has 0 saturated heterocycles. The van der Waals surface area contributed by atoms with Gasteiger partial charge in [-0.05, 0) is 18.6 Å². The number of pyridine rings is 1. The summed E-state index contributed by atoms with van der Waals surface area (Å²) in [7, 11) is 0. The summed E-state index contributed by atoms with van der Waals surface area (Å²) >= 11 is 0. The van der Waals surface area contributed by atoms with Crippen LogP contribution in [0, 0.1) is 0 Å². The number of halogens is 1.